The van der Waals surface area contributed by atoms with Gasteiger partial charge < -0.3 is 9.55 Å². The average Bonchev–Trinajstić information content (AvgIpc) is 3.20. The maximum atomic E-state index is 12.4. The number of hydrogen-bond donors (Lipinski definition) is 2. The molecule has 0 unspecified atom stereocenters. The predicted octanol–water partition coefficient (Wildman–Crippen LogP) is 3.42. The summed E-state index contributed by atoms with van der Waals surface area (Å²) in [5.41, 5.74) is 6.09. The van der Waals surface area contributed by atoms with Crippen molar-refractivity contribution in [1.82, 2.24) is 15.0 Å². The highest BCUT2D eigenvalue weighted by Crippen LogP contribution is 2.19. The third-order valence-electron chi connectivity index (χ3n) is 4.13. The lowest BCUT2D eigenvalue weighted by molar-refractivity contribution is 0.0956. The van der Waals surface area contributed by atoms with Gasteiger partial charge >= 0.3 is 0 Å². The van der Waals surface area contributed by atoms with Crippen LogP contribution in [0.1, 0.15) is 15.9 Å². The monoisotopic (exact) mass is 316 g/mol. The van der Waals surface area contributed by atoms with Crippen LogP contribution in [0.25, 0.3) is 21.8 Å². The van der Waals surface area contributed by atoms with Crippen molar-refractivity contribution >= 4 is 33.9 Å². The number of aryl methyl sites for hydroxylation is 1. The van der Waals surface area contributed by atoms with E-state index in [4.69, 9.17) is 0 Å². The standard InChI is InChI=1S/C19H16N4O/c1-23-12-14(15-6-2-3-8-17(15)23)11-21-22-19(24)16-7-4-5-13-9-10-20-18(13)16/h2-12,20H,1H3,(H,22,24). The molecule has 0 spiro atoms. The smallest absolute Gasteiger partial charge is 0.273 e. The zero-order valence-corrected chi connectivity index (χ0v) is 13.2. The van der Waals surface area contributed by atoms with Crippen LogP contribution in [-0.2, 0) is 7.05 Å². The number of carbonyl (C=O) groups is 1. The van der Waals surface area contributed by atoms with E-state index in [1.165, 1.54) is 0 Å². The fourth-order valence-corrected chi connectivity index (χ4v) is 2.97. The van der Waals surface area contributed by atoms with Gasteiger partial charge in [-0.3, -0.25) is 4.79 Å². The second kappa shape index (κ2) is 5.70. The SMILES string of the molecule is Cn1cc(C=NNC(=O)c2cccc3cc[nH]c23)c2ccccc21. The first kappa shape index (κ1) is 14.3. The summed E-state index contributed by atoms with van der Waals surface area (Å²) in [6.45, 7) is 0. The summed E-state index contributed by atoms with van der Waals surface area (Å²) in [5.74, 6) is -0.237. The molecule has 0 bridgehead atoms. The molecule has 2 N–H and O–H groups in total. The number of aromatic nitrogens is 2. The molecule has 118 valence electrons. The highest BCUT2D eigenvalue weighted by atomic mass is 16.2. The van der Waals surface area contributed by atoms with Crippen LogP contribution in [0.15, 0.2) is 66.0 Å². The second-order valence-corrected chi connectivity index (χ2v) is 5.66. The van der Waals surface area contributed by atoms with Crippen LogP contribution in [0.3, 0.4) is 0 Å². The van der Waals surface area contributed by atoms with Crippen molar-refractivity contribution in [3.63, 3.8) is 0 Å². The fraction of sp³-hybridized carbons (Fsp3) is 0.0526. The zero-order valence-electron chi connectivity index (χ0n) is 13.2. The van der Waals surface area contributed by atoms with Gasteiger partial charge in [-0.1, -0.05) is 30.3 Å². The normalized spacial score (nSPS) is 11.5. The van der Waals surface area contributed by atoms with Crippen molar-refractivity contribution in [2.75, 3.05) is 0 Å². The van der Waals surface area contributed by atoms with E-state index in [9.17, 15) is 4.79 Å². The van der Waals surface area contributed by atoms with E-state index < -0.39 is 0 Å². The number of hydrazone groups is 1. The average molecular weight is 316 g/mol. The third-order valence-corrected chi connectivity index (χ3v) is 4.13. The molecular weight excluding hydrogens is 300 g/mol. The maximum absolute atomic E-state index is 12.4. The van der Waals surface area contributed by atoms with E-state index in [1.807, 2.05) is 60.4 Å². The Morgan fingerprint density at radius 2 is 2.04 bits per heavy atom. The summed E-state index contributed by atoms with van der Waals surface area (Å²) in [6.07, 6.45) is 5.49. The molecular formula is C19H16N4O. The lowest BCUT2D eigenvalue weighted by Gasteiger charge is -2.01. The Morgan fingerprint density at radius 1 is 1.17 bits per heavy atom. The van der Waals surface area contributed by atoms with Gasteiger partial charge in [0.15, 0.2) is 0 Å². The van der Waals surface area contributed by atoms with Gasteiger partial charge in [-0.25, -0.2) is 5.43 Å². The molecule has 4 aromatic rings. The molecule has 5 heteroatoms. The summed E-state index contributed by atoms with van der Waals surface area (Å²) >= 11 is 0. The number of H-pyrrole nitrogens is 1. The number of fused-ring (bicyclic) bond motifs is 2. The molecule has 24 heavy (non-hydrogen) atoms. The number of para-hydroxylation sites is 2. The summed E-state index contributed by atoms with van der Waals surface area (Å²) in [4.78, 5) is 15.5. The van der Waals surface area contributed by atoms with Crippen LogP contribution in [0.4, 0.5) is 0 Å². The van der Waals surface area contributed by atoms with Crippen molar-refractivity contribution in [3.05, 3.63) is 72.1 Å². The molecule has 0 fully saturated rings. The molecule has 2 aromatic heterocycles. The molecule has 0 radical (unpaired) electrons. The topological polar surface area (TPSA) is 62.2 Å². The Hall–Kier alpha value is -3.34. The van der Waals surface area contributed by atoms with Crippen molar-refractivity contribution < 1.29 is 4.79 Å². The Bertz CT molecular complexity index is 1070. The molecule has 0 aliphatic carbocycles. The maximum Gasteiger partial charge on any atom is 0.273 e. The number of benzene rings is 2. The molecule has 1 amide bonds. The summed E-state index contributed by atoms with van der Waals surface area (Å²) in [5, 5.41) is 6.22. The summed E-state index contributed by atoms with van der Waals surface area (Å²) < 4.78 is 2.04. The Labute approximate surface area is 138 Å². The first-order valence-electron chi connectivity index (χ1n) is 7.67. The molecule has 0 aliphatic heterocycles. The minimum atomic E-state index is -0.237. The van der Waals surface area contributed by atoms with Crippen molar-refractivity contribution in [3.8, 4) is 0 Å². The van der Waals surface area contributed by atoms with E-state index in [2.05, 4.69) is 21.6 Å². The largest absolute Gasteiger partial charge is 0.361 e. The third kappa shape index (κ3) is 2.36. The summed E-state index contributed by atoms with van der Waals surface area (Å²) in [7, 11) is 1.99. The highest BCUT2D eigenvalue weighted by molar-refractivity contribution is 6.06. The predicted molar refractivity (Wildman–Crippen MR) is 96.3 cm³/mol. The summed E-state index contributed by atoms with van der Waals surface area (Å²) in [6, 6.07) is 15.6. The molecule has 2 heterocycles. The number of amides is 1. The molecule has 2 aromatic carbocycles. The van der Waals surface area contributed by atoms with Gasteiger partial charge in [0.25, 0.3) is 5.91 Å². The van der Waals surface area contributed by atoms with E-state index in [0.29, 0.717) is 5.56 Å². The fourth-order valence-electron chi connectivity index (χ4n) is 2.97. The van der Waals surface area contributed by atoms with Crippen LogP contribution in [0.2, 0.25) is 0 Å². The second-order valence-electron chi connectivity index (χ2n) is 5.66. The van der Waals surface area contributed by atoms with Crippen molar-refractivity contribution in [2.24, 2.45) is 12.1 Å². The van der Waals surface area contributed by atoms with Crippen LogP contribution in [0, 0.1) is 0 Å². The van der Waals surface area contributed by atoms with Crippen molar-refractivity contribution in [2.45, 2.75) is 0 Å². The molecule has 0 saturated carbocycles. The lowest BCUT2D eigenvalue weighted by atomic mass is 10.1. The molecule has 5 nitrogen and oxygen atoms in total. The van der Waals surface area contributed by atoms with Gasteiger partial charge in [0.1, 0.15) is 0 Å². The number of nitrogens with zero attached hydrogens (tertiary/aromatic N) is 2. The van der Waals surface area contributed by atoms with Crippen LogP contribution < -0.4 is 5.43 Å². The van der Waals surface area contributed by atoms with E-state index in [-0.39, 0.29) is 5.91 Å². The number of hydrogen-bond acceptors (Lipinski definition) is 2. The van der Waals surface area contributed by atoms with Gasteiger partial charge in [0, 0.05) is 41.3 Å². The number of carbonyl (C=O) groups excluding carboxylic acids is 1. The number of aromatic amines is 1. The Balaban J connectivity index is 1.59. The van der Waals surface area contributed by atoms with Crippen LogP contribution in [0.5, 0.6) is 0 Å². The van der Waals surface area contributed by atoms with E-state index >= 15 is 0 Å². The number of nitrogens with one attached hydrogen (secondary N) is 2. The highest BCUT2D eigenvalue weighted by Gasteiger charge is 2.10. The number of rotatable bonds is 3. The van der Waals surface area contributed by atoms with Crippen LogP contribution >= 0.6 is 0 Å². The van der Waals surface area contributed by atoms with Gasteiger partial charge in [0.2, 0.25) is 0 Å². The van der Waals surface area contributed by atoms with Crippen LogP contribution in [-0.4, -0.2) is 21.7 Å². The van der Waals surface area contributed by atoms with Gasteiger partial charge in [-0.2, -0.15) is 5.10 Å². The first-order chi connectivity index (χ1) is 11.7. The van der Waals surface area contributed by atoms with Gasteiger partial charge in [0.05, 0.1) is 17.3 Å². The van der Waals surface area contributed by atoms with E-state index in [1.54, 1.807) is 12.3 Å². The quantitative estimate of drug-likeness (QED) is 0.441. The minimum absolute atomic E-state index is 0.237. The minimum Gasteiger partial charge on any atom is -0.361 e. The molecule has 4 rings (SSSR count). The van der Waals surface area contributed by atoms with Gasteiger partial charge in [-0.15, -0.1) is 0 Å². The molecule has 0 saturated heterocycles. The Kier molecular flexibility index (Phi) is 3.39. The van der Waals surface area contributed by atoms with Crippen molar-refractivity contribution in [1.29, 1.82) is 0 Å². The van der Waals surface area contributed by atoms with E-state index in [0.717, 1.165) is 27.4 Å². The molecule has 0 atom stereocenters. The lowest BCUT2D eigenvalue weighted by Crippen LogP contribution is -2.17. The first-order valence-corrected chi connectivity index (χ1v) is 7.67. The zero-order chi connectivity index (χ0) is 16.5. The molecule has 0 aliphatic rings. The van der Waals surface area contributed by atoms with Gasteiger partial charge in [-0.05, 0) is 18.2 Å². The Morgan fingerprint density at radius 3 is 2.96 bits per heavy atom.